The van der Waals surface area contributed by atoms with Crippen LogP contribution in [0.1, 0.15) is 30.2 Å². The predicted molar refractivity (Wildman–Crippen MR) is 112 cm³/mol. The number of carbonyl (C=O) groups excluding carboxylic acids is 1. The summed E-state index contributed by atoms with van der Waals surface area (Å²) in [5, 5.41) is 1.02. The molecular weight excluding hydrogens is 392 g/mol. The average molecular weight is 413 g/mol. The molecule has 3 heterocycles. The molecule has 1 fully saturated rings. The number of aryl methyl sites for hydroxylation is 1. The highest BCUT2D eigenvalue weighted by atomic mass is 32.2. The third kappa shape index (κ3) is 2.97. The third-order valence-corrected chi connectivity index (χ3v) is 7.79. The molecule has 1 saturated heterocycles. The Balaban J connectivity index is 1.73. The quantitative estimate of drug-likeness (QED) is 0.481. The Kier molecular flexibility index (Phi) is 4.51. The minimum atomic E-state index is -0.311. The van der Waals surface area contributed by atoms with E-state index in [-0.39, 0.29) is 16.8 Å². The molecule has 0 saturated carbocycles. The number of aromatic nitrogens is 2. The van der Waals surface area contributed by atoms with Crippen LogP contribution >= 0.6 is 23.1 Å². The van der Waals surface area contributed by atoms with E-state index in [0.29, 0.717) is 24.1 Å². The Bertz CT molecular complexity index is 1120. The van der Waals surface area contributed by atoms with Crippen LogP contribution in [0, 0.1) is 5.92 Å². The van der Waals surface area contributed by atoms with E-state index in [1.54, 1.807) is 15.9 Å². The zero-order chi connectivity index (χ0) is 19.3. The molecule has 2 aromatic heterocycles. The van der Waals surface area contributed by atoms with Crippen molar-refractivity contribution < 1.29 is 9.53 Å². The Labute approximate surface area is 170 Å². The summed E-state index contributed by atoms with van der Waals surface area (Å²) in [4.78, 5) is 32.6. The van der Waals surface area contributed by atoms with E-state index in [0.717, 1.165) is 35.2 Å². The van der Waals surface area contributed by atoms with E-state index in [1.165, 1.54) is 22.2 Å². The van der Waals surface area contributed by atoms with Crippen LogP contribution in [0.5, 0.6) is 0 Å². The van der Waals surface area contributed by atoms with Gasteiger partial charge in [-0.05, 0) is 42.9 Å². The van der Waals surface area contributed by atoms with Gasteiger partial charge in [0.2, 0.25) is 0 Å². The van der Waals surface area contributed by atoms with Crippen LogP contribution in [0.4, 0.5) is 0 Å². The lowest BCUT2D eigenvalue weighted by atomic mass is 9.89. The topological polar surface area (TPSA) is 61.2 Å². The van der Waals surface area contributed by atoms with Gasteiger partial charge in [0.05, 0.1) is 17.7 Å². The average Bonchev–Trinajstić information content (AvgIpc) is 3.25. The fourth-order valence-electron chi connectivity index (χ4n) is 3.97. The first kappa shape index (κ1) is 17.9. The molecule has 0 N–H and O–H groups in total. The van der Waals surface area contributed by atoms with Crippen molar-refractivity contribution in [2.24, 2.45) is 5.92 Å². The molecule has 1 aliphatic heterocycles. The van der Waals surface area contributed by atoms with Crippen molar-refractivity contribution in [2.75, 3.05) is 6.61 Å². The third-order valence-electron chi connectivity index (χ3n) is 5.45. The summed E-state index contributed by atoms with van der Waals surface area (Å²) in [6, 6.07) is 9.57. The van der Waals surface area contributed by atoms with Gasteiger partial charge >= 0.3 is 5.97 Å². The Morgan fingerprint density at radius 3 is 2.79 bits per heavy atom. The highest BCUT2D eigenvalue weighted by Gasteiger charge is 2.31. The summed E-state index contributed by atoms with van der Waals surface area (Å²) in [5.74, 6) is 0.414. The highest BCUT2D eigenvalue weighted by molar-refractivity contribution is 8.00. The molecule has 0 spiro atoms. The molecular formula is C21H20N2O3S2. The molecule has 144 valence electrons. The van der Waals surface area contributed by atoms with Gasteiger partial charge in [0.1, 0.15) is 10.1 Å². The highest BCUT2D eigenvalue weighted by Crippen LogP contribution is 2.38. The molecule has 1 aliphatic carbocycles. The number of para-hydroxylation sites is 1. The van der Waals surface area contributed by atoms with Gasteiger partial charge in [0.15, 0.2) is 5.16 Å². The largest absolute Gasteiger partial charge is 0.465 e. The molecule has 5 nitrogen and oxygen atoms in total. The molecule has 0 unspecified atom stereocenters. The standard InChI is InChI=1S/C21H20N2O3S2/c1-12-7-8-14-16(11-12)27-18-17(14)19(24)23(13-5-3-2-4-6-13)21(22-18)28-15-9-10-26-20(15)25/h2-6,12,15H,7-11H2,1H3/t12-,15-/m1/s1. The molecule has 3 aromatic rings. The summed E-state index contributed by atoms with van der Waals surface area (Å²) in [7, 11) is 0. The SMILES string of the molecule is C[C@@H]1CCc2c(sc3nc(S[C@@H]4CCOC4=O)n(-c4ccccc4)c(=O)c23)C1. The van der Waals surface area contributed by atoms with Gasteiger partial charge in [-0.15, -0.1) is 11.3 Å². The van der Waals surface area contributed by atoms with E-state index in [2.05, 4.69) is 6.92 Å². The van der Waals surface area contributed by atoms with E-state index >= 15 is 0 Å². The predicted octanol–water partition coefficient (Wildman–Crippen LogP) is 3.98. The van der Waals surface area contributed by atoms with Gasteiger partial charge in [0, 0.05) is 11.3 Å². The molecule has 2 atom stereocenters. The van der Waals surface area contributed by atoms with Crippen molar-refractivity contribution >= 4 is 39.3 Å². The van der Waals surface area contributed by atoms with Gasteiger partial charge < -0.3 is 4.74 Å². The number of thiophene rings is 1. The Hall–Kier alpha value is -2.12. The molecule has 2 aliphatic rings. The fourth-order valence-corrected chi connectivity index (χ4v) is 6.47. The van der Waals surface area contributed by atoms with Crippen LogP contribution in [-0.4, -0.2) is 27.4 Å². The Morgan fingerprint density at radius 2 is 2.04 bits per heavy atom. The molecule has 7 heteroatoms. The molecule has 1 aromatic carbocycles. The monoisotopic (exact) mass is 412 g/mol. The van der Waals surface area contributed by atoms with Crippen molar-refractivity contribution in [3.05, 3.63) is 51.1 Å². The number of hydrogen-bond donors (Lipinski definition) is 0. The summed E-state index contributed by atoms with van der Waals surface area (Å²) in [6.07, 6.45) is 3.70. The van der Waals surface area contributed by atoms with Crippen LogP contribution in [0.25, 0.3) is 15.9 Å². The van der Waals surface area contributed by atoms with Crippen molar-refractivity contribution in [3.63, 3.8) is 0 Å². The van der Waals surface area contributed by atoms with Crippen molar-refractivity contribution in [3.8, 4) is 5.69 Å². The van der Waals surface area contributed by atoms with Crippen molar-refractivity contribution in [2.45, 2.75) is 43.0 Å². The molecule has 0 amide bonds. The minimum Gasteiger partial charge on any atom is -0.465 e. The molecule has 0 radical (unpaired) electrons. The molecule has 0 bridgehead atoms. The number of rotatable bonds is 3. The number of thioether (sulfide) groups is 1. The van der Waals surface area contributed by atoms with Crippen LogP contribution in [0.15, 0.2) is 40.3 Å². The second kappa shape index (κ2) is 7.04. The number of cyclic esters (lactones) is 1. The number of hydrogen-bond acceptors (Lipinski definition) is 6. The number of nitrogens with zero attached hydrogens (tertiary/aromatic N) is 2. The summed E-state index contributed by atoms with van der Waals surface area (Å²) in [6.45, 7) is 2.69. The number of ether oxygens (including phenoxy) is 1. The number of fused-ring (bicyclic) bond motifs is 3. The lowest BCUT2D eigenvalue weighted by Crippen LogP contribution is -2.24. The first-order valence-electron chi connectivity index (χ1n) is 9.58. The van der Waals surface area contributed by atoms with Crippen LogP contribution < -0.4 is 5.56 Å². The van der Waals surface area contributed by atoms with Gasteiger partial charge in [-0.25, -0.2) is 4.98 Å². The van der Waals surface area contributed by atoms with Crippen LogP contribution in [0.3, 0.4) is 0 Å². The fraction of sp³-hybridized carbons (Fsp3) is 0.381. The second-order valence-electron chi connectivity index (χ2n) is 7.47. The second-order valence-corrected chi connectivity index (χ2v) is 9.72. The van der Waals surface area contributed by atoms with Gasteiger partial charge in [-0.1, -0.05) is 36.9 Å². The maximum atomic E-state index is 13.6. The first-order valence-corrected chi connectivity index (χ1v) is 11.3. The maximum Gasteiger partial charge on any atom is 0.319 e. The molecule has 28 heavy (non-hydrogen) atoms. The maximum absolute atomic E-state index is 13.6. The first-order chi connectivity index (χ1) is 13.6. The van der Waals surface area contributed by atoms with E-state index in [9.17, 15) is 9.59 Å². The summed E-state index contributed by atoms with van der Waals surface area (Å²) in [5.41, 5.74) is 1.93. The van der Waals surface area contributed by atoms with E-state index < -0.39 is 0 Å². The zero-order valence-corrected chi connectivity index (χ0v) is 17.1. The van der Waals surface area contributed by atoms with Gasteiger partial charge in [0.25, 0.3) is 5.56 Å². The summed E-state index contributed by atoms with van der Waals surface area (Å²) >= 11 is 2.98. The number of esters is 1. The normalized spacial score (nSPS) is 21.7. The van der Waals surface area contributed by atoms with E-state index in [4.69, 9.17) is 9.72 Å². The minimum absolute atomic E-state index is 0.0304. The number of benzene rings is 1. The van der Waals surface area contributed by atoms with E-state index in [1.807, 2.05) is 30.3 Å². The number of carbonyl (C=O) groups is 1. The lowest BCUT2D eigenvalue weighted by Gasteiger charge is -2.18. The lowest BCUT2D eigenvalue weighted by molar-refractivity contribution is -0.137. The van der Waals surface area contributed by atoms with Crippen molar-refractivity contribution in [1.29, 1.82) is 0 Å². The smallest absolute Gasteiger partial charge is 0.319 e. The van der Waals surface area contributed by atoms with Gasteiger partial charge in [-0.2, -0.15) is 0 Å². The molecule has 5 rings (SSSR count). The summed E-state index contributed by atoms with van der Waals surface area (Å²) < 4.78 is 6.78. The van der Waals surface area contributed by atoms with Crippen LogP contribution in [-0.2, 0) is 22.4 Å². The van der Waals surface area contributed by atoms with Crippen molar-refractivity contribution in [1.82, 2.24) is 9.55 Å². The van der Waals surface area contributed by atoms with Crippen LogP contribution in [0.2, 0.25) is 0 Å². The van der Waals surface area contributed by atoms with Gasteiger partial charge in [-0.3, -0.25) is 14.2 Å². The Morgan fingerprint density at radius 1 is 1.21 bits per heavy atom. The zero-order valence-electron chi connectivity index (χ0n) is 15.5.